The number of alkyl halides is 3. The Balaban J connectivity index is 2.78. The Morgan fingerprint density at radius 3 is 2.56 bits per heavy atom. The molecule has 0 radical (unpaired) electrons. The van der Waals surface area contributed by atoms with Crippen LogP contribution >= 0.6 is 0 Å². The molecule has 0 saturated heterocycles. The second kappa shape index (κ2) is 3.98. The average molecular weight is 260 g/mol. The quantitative estimate of drug-likeness (QED) is 0.858. The minimum Gasteiger partial charge on any atom is -0.478 e. The Bertz CT molecular complexity index is 619. The summed E-state index contributed by atoms with van der Waals surface area (Å²) in [6.45, 7) is -0.546. The number of pyridine rings is 1. The SMILES string of the molecule is O=C(O)c1ccc(CO)n2nc(C(F)(F)F)cc12. The molecule has 2 rings (SSSR count). The number of halogens is 3. The topological polar surface area (TPSA) is 74.8 Å². The van der Waals surface area contributed by atoms with Gasteiger partial charge in [0.05, 0.1) is 23.4 Å². The molecule has 8 heteroatoms. The zero-order valence-corrected chi connectivity index (χ0v) is 8.77. The van der Waals surface area contributed by atoms with Crippen LogP contribution in [-0.4, -0.2) is 25.8 Å². The summed E-state index contributed by atoms with van der Waals surface area (Å²) in [4.78, 5) is 10.9. The Morgan fingerprint density at radius 1 is 1.39 bits per heavy atom. The molecule has 2 aromatic heterocycles. The zero-order chi connectivity index (χ0) is 13.5. The molecule has 0 saturated carbocycles. The van der Waals surface area contributed by atoms with Crippen molar-refractivity contribution in [2.75, 3.05) is 0 Å². The van der Waals surface area contributed by atoms with Crippen molar-refractivity contribution in [2.45, 2.75) is 12.8 Å². The smallest absolute Gasteiger partial charge is 0.435 e. The third kappa shape index (κ3) is 1.90. The second-order valence-corrected chi connectivity index (χ2v) is 3.53. The molecule has 18 heavy (non-hydrogen) atoms. The van der Waals surface area contributed by atoms with Crippen LogP contribution in [0, 0.1) is 0 Å². The summed E-state index contributed by atoms with van der Waals surface area (Å²) in [5.74, 6) is -1.36. The number of fused-ring (bicyclic) bond motifs is 1. The van der Waals surface area contributed by atoms with Crippen molar-refractivity contribution in [3.8, 4) is 0 Å². The summed E-state index contributed by atoms with van der Waals surface area (Å²) in [5.41, 5.74) is -1.65. The van der Waals surface area contributed by atoms with Crippen molar-refractivity contribution in [3.63, 3.8) is 0 Å². The lowest BCUT2D eigenvalue weighted by Crippen LogP contribution is -2.07. The average Bonchev–Trinajstić information content (AvgIpc) is 2.71. The number of aromatic carboxylic acids is 1. The van der Waals surface area contributed by atoms with Gasteiger partial charge < -0.3 is 10.2 Å². The van der Waals surface area contributed by atoms with Crippen LogP contribution in [0.3, 0.4) is 0 Å². The molecule has 5 nitrogen and oxygen atoms in total. The number of rotatable bonds is 2. The largest absolute Gasteiger partial charge is 0.478 e. The van der Waals surface area contributed by atoms with E-state index in [0.29, 0.717) is 6.07 Å². The van der Waals surface area contributed by atoms with Crippen molar-refractivity contribution in [1.29, 1.82) is 0 Å². The fourth-order valence-electron chi connectivity index (χ4n) is 1.57. The Morgan fingerprint density at radius 2 is 2.06 bits per heavy atom. The molecule has 0 aromatic carbocycles. The summed E-state index contributed by atoms with van der Waals surface area (Å²) in [5, 5.41) is 21.1. The molecule has 0 atom stereocenters. The maximum atomic E-state index is 12.5. The summed E-state index contributed by atoms with van der Waals surface area (Å²) < 4.78 is 38.3. The minimum absolute atomic E-state index is 0.0745. The summed E-state index contributed by atoms with van der Waals surface area (Å²) in [6.07, 6.45) is -4.67. The van der Waals surface area contributed by atoms with Crippen LogP contribution in [0.1, 0.15) is 21.7 Å². The van der Waals surface area contributed by atoms with Gasteiger partial charge in [-0.05, 0) is 18.2 Å². The predicted molar refractivity (Wildman–Crippen MR) is 53.1 cm³/mol. The van der Waals surface area contributed by atoms with Gasteiger partial charge >= 0.3 is 12.1 Å². The van der Waals surface area contributed by atoms with Crippen LogP contribution in [-0.2, 0) is 12.8 Å². The fourth-order valence-corrected chi connectivity index (χ4v) is 1.57. The number of aliphatic hydroxyl groups is 1. The molecule has 0 amide bonds. The van der Waals surface area contributed by atoms with Crippen LogP contribution in [0.15, 0.2) is 18.2 Å². The molecule has 2 aromatic rings. The van der Waals surface area contributed by atoms with E-state index in [4.69, 9.17) is 10.2 Å². The molecule has 0 spiro atoms. The fraction of sp³-hybridized carbons (Fsp3) is 0.200. The highest BCUT2D eigenvalue weighted by atomic mass is 19.4. The second-order valence-electron chi connectivity index (χ2n) is 3.53. The predicted octanol–water partition coefficient (Wildman–Crippen LogP) is 1.54. The molecule has 0 aliphatic carbocycles. The normalized spacial score (nSPS) is 12.0. The molecule has 0 bridgehead atoms. The summed E-state index contributed by atoms with van der Waals surface area (Å²) >= 11 is 0. The van der Waals surface area contributed by atoms with E-state index in [2.05, 4.69) is 5.10 Å². The van der Waals surface area contributed by atoms with Crippen LogP contribution in [0.5, 0.6) is 0 Å². The van der Waals surface area contributed by atoms with E-state index in [1.54, 1.807) is 0 Å². The van der Waals surface area contributed by atoms with Crippen molar-refractivity contribution in [1.82, 2.24) is 9.61 Å². The van der Waals surface area contributed by atoms with Crippen LogP contribution in [0.25, 0.3) is 5.52 Å². The molecule has 96 valence electrons. The standard InChI is InChI=1S/C10H7F3N2O3/c11-10(12,13)8-3-7-6(9(17)18)2-1-5(4-16)15(7)14-8/h1-3,16H,4H2,(H,17,18). The molecule has 0 fully saturated rings. The van der Waals surface area contributed by atoms with E-state index < -0.39 is 24.4 Å². The Hall–Kier alpha value is -2.09. The molecular weight excluding hydrogens is 253 g/mol. The number of aromatic nitrogens is 2. The van der Waals surface area contributed by atoms with Gasteiger partial charge in [0, 0.05) is 0 Å². The molecular formula is C10H7F3N2O3. The van der Waals surface area contributed by atoms with Crippen molar-refractivity contribution >= 4 is 11.5 Å². The van der Waals surface area contributed by atoms with Gasteiger partial charge in [-0.2, -0.15) is 18.3 Å². The minimum atomic E-state index is -4.67. The van der Waals surface area contributed by atoms with E-state index in [-0.39, 0.29) is 16.8 Å². The first-order valence-electron chi connectivity index (χ1n) is 4.77. The van der Waals surface area contributed by atoms with Gasteiger partial charge in [-0.1, -0.05) is 0 Å². The van der Waals surface area contributed by atoms with Gasteiger partial charge in [0.25, 0.3) is 0 Å². The Labute approximate surface area is 98.1 Å². The first kappa shape index (κ1) is 12.4. The highest BCUT2D eigenvalue weighted by Gasteiger charge is 2.35. The van der Waals surface area contributed by atoms with Crippen molar-refractivity contribution in [3.05, 3.63) is 35.2 Å². The number of aliphatic hydroxyl groups excluding tert-OH is 1. The number of carboxylic acid groups (broad SMARTS) is 1. The van der Waals surface area contributed by atoms with Crippen molar-refractivity contribution < 1.29 is 28.2 Å². The maximum absolute atomic E-state index is 12.5. The number of carboxylic acids is 1. The number of hydrogen-bond donors (Lipinski definition) is 2. The number of hydrogen-bond acceptors (Lipinski definition) is 3. The molecule has 0 aliphatic heterocycles. The van der Waals surface area contributed by atoms with Crippen molar-refractivity contribution in [2.24, 2.45) is 0 Å². The number of carbonyl (C=O) groups is 1. The van der Waals surface area contributed by atoms with Gasteiger partial charge in [-0.25, -0.2) is 9.31 Å². The monoisotopic (exact) mass is 260 g/mol. The lowest BCUT2D eigenvalue weighted by molar-refractivity contribution is -0.141. The summed E-state index contributed by atoms with van der Waals surface area (Å²) in [7, 11) is 0. The Kier molecular flexibility index (Phi) is 2.74. The highest BCUT2D eigenvalue weighted by Crippen LogP contribution is 2.30. The van der Waals surface area contributed by atoms with E-state index in [1.807, 2.05) is 0 Å². The molecule has 0 unspecified atom stereocenters. The summed E-state index contributed by atoms with van der Waals surface area (Å²) in [6, 6.07) is 2.98. The first-order chi connectivity index (χ1) is 8.34. The van der Waals surface area contributed by atoms with Gasteiger partial charge in [0.1, 0.15) is 0 Å². The van der Waals surface area contributed by atoms with Crippen LogP contribution in [0.2, 0.25) is 0 Å². The van der Waals surface area contributed by atoms with Gasteiger partial charge in [-0.3, -0.25) is 0 Å². The van der Waals surface area contributed by atoms with Gasteiger partial charge in [0.15, 0.2) is 5.69 Å². The lowest BCUT2D eigenvalue weighted by atomic mass is 10.2. The van der Waals surface area contributed by atoms with E-state index in [1.165, 1.54) is 6.07 Å². The third-order valence-electron chi connectivity index (χ3n) is 2.38. The maximum Gasteiger partial charge on any atom is 0.435 e. The highest BCUT2D eigenvalue weighted by molar-refractivity contribution is 5.95. The molecule has 0 aliphatic rings. The van der Waals surface area contributed by atoms with Gasteiger partial charge in [0.2, 0.25) is 0 Å². The van der Waals surface area contributed by atoms with E-state index in [9.17, 15) is 18.0 Å². The zero-order valence-electron chi connectivity index (χ0n) is 8.77. The number of nitrogens with zero attached hydrogens (tertiary/aromatic N) is 2. The molecule has 2 heterocycles. The van der Waals surface area contributed by atoms with E-state index in [0.717, 1.165) is 10.6 Å². The lowest BCUT2D eigenvalue weighted by Gasteiger charge is -2.03. The van der Waals surface area contributed by atoms with E-state index >= 15 is 0 Å². The van der Waals surface area contributed by atoms with Crippen LogP contribution < -0.4 is 0 Å². The van der Waals surface area contributed by atoms with Gasteiger partial charge in [-0.15, -0.1) is 0 Å². The third-order valence-corrected chi connectivity index (χ3v) is 2.38. The van der Waals surface area contributed by atoms with Crippen LogP contribution in [0.4, 0.5) is 13.2 Å². The molecule has 2 N–H and O–H groups in total. The first-order valence-corrected chi connectivity index (χ1v) is 4.77.